The van der Waals surface area contributed by atoms with Crippen LogP contribution in [0.3, 0.4) is 0 Å². The number of anilines is 3. The zero-order valence-corrected chi connectivity index (χ0v) is 16.8. The van der Waals surface area contributed by atoms with Gasteiger partial charge in [0.15, 0.2) is 10.9 Å². The summed E-state index contributed by atoms with van der Waals surface area (Å²) in [5.74, 6) is -0.559. The maximum Gasteiger partial charge on any atom is 0.248 e. The van der Waals surface area contributed by atoms with Gasteiger partial charge in [0.25, 0.3) is 0 Å². The Balaban J connectivity index is 1.71. The predicted octanol–water partition coefficient (Wildman–Crippen LogP) is 4.68. The Kier molecular flexibility index (Phi) is 6.31. The number of para-hydroxylation sites is 1. The van der Waals surface area contributed by atoms with Crippen molar-refractivity contribution >= 4 is 51.5 Å². The molecule has 0 aliphatic rings. The van der Waals surface area contributed by atoms with E-state index in [1.54, 1.807) is 35.7 Å². The molecular formula is C22H19N3O3S. The van der Waals surface area contributed by atoms with Crippen molar-refractivity contribution in [1.29, 1.82) is 0 Å². The molecule has 2 amide bonds. The number of ketones is 1. The third-order valence-corrected chi connectivity index (χ3v) is 4.82. The van der Waals surface area contributed by atoms with E-state index in [9.17, 15) is 14.4 Å². The summed E-state index contributed by atoms with van der Waals surface area (Å²) in [4.78, 5) is 41.7. The molecular weight excluding hydrogens is 386 g/mol. The molecule has 0 saturated heterocycles. The highest BCUT2D eigenvalue weighted by Crippen LogP contribution is 2.29. The van der Waals surface area contributed by atoms with Gasteiger partial charge in [-0.05, 0) is 37.3 Å². The first-order chi connectivity index (χ1) is 13.9. The third kappa shape index (κ3) is 5.24. The summed E-state index contributed by atoms with van der Waals surface area (Å²) in [7, 11) is 0. The Bertz CT molecular complexity index is 1070. The Labute approximate surface area is 172 Å². The van der Waals surface area contributed by atoms with Crippen LogP contribution in [0.5, 0.6) is 0 Å². The lowest BCUT2D eigenvalue weighted by Crippen LogP contribution is -2.22. The number of carbonyl (C=O) groups is 3. The number of aromatic nitrogens is 1. The average molecular weight is 405 g/mol. The van der Waals surface area contributed by atoms with E-state index in [0.29, 0.717) is 22.1 Å². The van der Waals surface area contributed by atoms with Crippen LogP contribution in [0.1, 0.15) is 29.9 Å². The Hall–Kier alpha value is -3.58. The van der Waals surface area contributed by atoms with Gasteiger partial charge in [-0.1, -0.05) is 30.3 Å². The van der Waals surface area contributed by atoms with Crippen molar-refractivity contribution in [3.8, 4) is 0 Å². The summed E-state index contributed by atoms with van der Waals surface area (Å²) in [6, 6.07) is 16.0. The van der Waals surface area contributed by atoms with Crippen LogP contribution in [0.4, 0.5) is 16.5 Å². The molecule has 29 heavy (non-hydrogen) atoms. The highest BCUT2D eigenvalue weighted by atomic mass is 32.1. The number of nitrogens with one attached hydrogen (secondary N) is 1. The second-order valence-corrected chi connectivity index (χ2v) is 7.04. The van der Waals surface area contributed by atoms with Gasteiger partial charge in [0.2, 0.25) is 11.8 Å². The zero-order chi connectivity index (χ0) is 20.8. The summed E-state index contributed by atoms with van der Waals surface area (Å²) >= 11 is 1.32. The first-order valence-corrected chi connectivity index (χ1v) is 9.73. The van der Waals surface area contributed by atoms with E-state index in [-0.39, 0.29) is 17.6 Å². The molecule has 0 aliphatic carbocycles. The lowest BCUT2D eigenvalue weighted by atomic mass is 10.1. The third-order valence-electron chi connectivity index (χ3n) is 3.97. The Morgan fingerprint density at radius 1 is 1.03 bits per heavy atom. The summed E-state index contributed by atoms with van der Waals surface area (Å²) < 4.78 is 0. The second-order valence-electron chi connectivity index (χ2n) is 6.20. The van der Waals surface area contributed by atoms with Gasteiger partial charge in [-0.15, -0.1) is 11.3 Å². The van der Waals surface area contributed by atoms with Crippen molar-refractivity contribution < 1.29 is 14.4 Å². The maximum absolute atomic E-state index is 12.2. The first kappa shape index (κ1) is 20.2. The Morgan fingerprint density at radius 2 is 1.79 bits per heavy atom. The van der Waals surface area contributed by atoms with Crippen LogP contribution in [0.25, 0.3) is 6.08 Å². The van der Waals surface area contributed by atoms with Crippen molar-refractivity contribution in [2.45, 2.75) is 13.8 Å². The van der Waals surface area contributed by atoms with Crippen LogP contribution in [-0.2, 0) is 9.59 Å². The van der Waals surface area contributed by atoms with Gasteiger partial charge in [0.05, 0.1) is 11.4 Å². The van der Waals surface area contributed by atoms with Gasteiger partial charge >= 0.3 is 0 Å². The SMILES string of the molecule is CC(=O)c1cccc(NC(=O)/C=C/c2csc(N(C(C)=O)c3ccccc3)n2)c1. The highest BCUT2D eigenvalue weighted by molar-refractivity contribution is 7.14. The van der Waals surface area contributed by atoms with E-state index in [2.05, 4.69) is 10.3 Å². The molecule has 0 saturated carbocycles. The minimum atomic E-state index is -0.341. The number of amides is 2. The highest BCUT2D eigenvalue weighted by Gasteiger charge is 2.17. The largest absolute Gasteiger partial charge is 0.322 e. The molecule has 6 nitrogen and oxygen atoms in total. The second kappa shape index (κ2) is 9.07. The van der Waals surface area contributed by atoms with Crippen LogP contribution >= 0.6 is 11.3 Å². The molecule has 0 spiro atoms. The number of benzene rings is 2. The van der Waals surface area contributed by atoms with Gasteiger partial charge in [-0.25, -0.2) is 4.98 Å². The van der Waals surface area contributed by atoms with E-state index in [4.69, 9.17) is 0 Å². The van der Waals surface area contributed by atoms with Crippen LogP contribution in [0.15, 0.2) is 66.1 Å². The lowest BCUT2D eigenvalue weighted by Gasteiger charge is -2.17. The number of rotatable bonds is 6. The van der Waals surface area contributed by atoms with Crippen LogP contribution < -0.4 is 10.2 Å². The standard InChI is InChI=1S/C22H19N3O3S/c1-15(26)17-7-6-8-18(13-17)23-21(28)12-11-19-14-29-22(24-19)25(16(2)27)20-9-4-3-5-10-20/h3-14H,1-2H3,(H,23,28)/b12-11+. The normalized spacial score (nSPS) is 10.7. The molecule has 1 N–H and O–H groups in total. The molecule has 1 aromatic heterocycles. The van der Waals surface area contributed by atoms with Gasteiger partial charge in [-0.3, -0.25) is 19.3 Å². The lowest BCUT2D eigenvalue weighted by molar-refractivity contribution is -0.116. The van der Waals surface area contributed by atoms with Crippen LogP contribution in [0, 0.1) is 0 Å². The number of Topliss-reactive ketones (excluding diaryl/α,β-unsaturated/α-hetero) is 1. The monoisotopic (exact) mass is 405 g/mol. The molecule has 2 aromatic carbocycles. The van der Waals surface area contributed by atoms with E-state index in [1.165, 1.54) is 36.2 Å². The minimum absolute atomic E-state index is 0.0694. The summed E-state index contributed by atoms with van der Waals surface area (Å²) in [5.41, 5.74) is 2.37. The molecule has 146 valence electrons. The summed E-state index contributed by atoms with van der Waals surface area (Å²) in [6.07, 6.45) is 2.94. The molecule has 0 fully saturated rings. The molecule has 0 bridgehead atoms. The summed E-state index contributed by atoms with van der Waals surface area (Å²) in [5, 5.41) is 5.01. The number of hydrogen-bond donors (Lipinski definition) is 1. The smallest absolute Gasteiger partial charge is 0.248 e. The van der Waals surface area contributed by atoms with Gasteiger partial charge in [0, 0.05) is 29.6 Å². The van der Waals surface area contributed by atoms with Gasteiger partial charge in [-0.2, -0.15) is 0 Å². The van der Waals surface area contributed by atoms with Gasteiger partial charge in [0.1, 0.15) is 0 Å². The van der Waals surface area contributed by atoms with E-state index in [1.807, 2.05) is 30.3 Å². The van der Waals surface area contributed by atoms with E-state index >= 15 is 0 Å². The molecule has 1 heterocycles. The van der Waals surface area contributed by atoms with Crippen molar-refractivity contribution in [2.75, 3.05) is 10.2 Å². The molecule has 0 atom stereocenters. The van der Waals surface area contributed by atoms with Crippen molar-refractivity contribution in [2.24, 2.45) is 0 Å². The quantitative estimate of drug-likeness (QED) is 0.477. The molecule has 0 aliphatic heterocycles. The maximum atomic E-state index is 12.2. The molecule has 0 unspecified atom stereocenters. The molecule has 0 radical (unpaired) electrons. The Morgan fingerprint density at radius 3 is 2.48 bits per heavy atom. The zero-order valence-electron chi connectivity index (χ0n) is 16.0. The first-order valence-electron chi connectivity index (χ1n) is 8.85. The summed E-state index contributed by atoms with van der Waals surface area (Å²) in [6.45, 7) is 2.95. The van der Waals surface area contributed by atoms with Gasteiger partial charge < -0.3 is 5.32 Å². The minimum Gasteiger partial charge on any atom is -0.322 e. The average Bonchev–Trinajstić information content (AvgIpc) is 3.15. The number of carbonyl (C=O) groups excluding carboxylic acids is 3. The van der Waals surface area contributed by atoms with E-state index < -0.39 is 0 Å². The van der Waals surface area contributed by atoms with Crippen molar-refractivity contribution in [1.82, 2.24) is 4.98 Å². The number of thiazole rings is 1. The topological polar surface area (TPSA) is 79.4 Å². The van der Waals surface area contributed by atoms with Crippen molar-refractivity contribution in [3.05, 3.63) is 77.3 Å². The number of nitrogens with zero attached hydrogens (tertiary/aromatic N) is 2. The fourth-order valence-corrected chi connectivity index (χ4v) is 3.48. The number of hydrogen-bond acceptors (Lipinski definition) is 5. The van der Waals surface area contributed by atoms with Crippen LogP contribution in [0.2, 0.25) is 0 Å². The predicted molar refractivity (Wildman–Crippen MR) is 115 cm³/mol. The molecule has 3 rings (SSSR count). The fourth-order valence-electron chi connectivity index (χ4n) is 2.62. The van der Waals surface area contributed by atoms with Crippen molar-refractivity contribution in [3.63, 3.8) is 0 Å². The van der Waals surface area contributed by atoms with E-state index in [0.717, 1.165) is 5.69 Å². The van der Waals surface area contributed by atoms with Crippen LogP contribution in [-0.4, -0.2) is 22.6 Å². The molecule has 3 aromatic rings. The molecule has 7 heteroatoms. The fraction of sp³-hybridized carbons (Fsp3) is 0.0909.